The minimum atomic E-state index is 0.661. The summed E-state index contributed by atoms with van der Waals surface area (Å²) in [5.41, 5.74) is 0. The van der Waals surface area contributed by atoms with Crippen molar-refractivity contribution in [2.24, 2.45) is 41.4 Å². The SMILES string of the molecule is CCC(C)C(C)C(C)CC(C)C1CC1C(C)C(C)NC. The van der Waals surface area contributed by atoms with Gasteiger partial charge in [0.1, 0.15) is 0 Å². The summed E-state index contributed by atoms with van der Waals surface area (Å²) in [5.74, 6) is 6.32. The lowest BCUT2D eigenvalue weighted by molar-refractivity contribution is 0.220. The third-order valence-corrected chi connectivity index (χ3v) is 6.72. The fourth-order valence-electron chi connectivity index (χ4n) is 4.04. The first-order valence-electron chi connectivity index (χ1n) is 9.00. The first-order valence-corrected chi connectivity index (χ1v) is 9.00. The van der Waals surface area contributed by atoms with Gasteiger partial charge in [-0.15, -0.1) is 0 Å². The van der Waals surface area contributed by atoms with E-state index in [4.69, 9.17) is 0 Å². The average Bonchev–Trinajstić information content (AvgIpc) is 3.24. The molecule has 1 aliphatic carbocycles. The molecular formula is C19H39N. The predicted octanol–water partition coefficient (Wildman–Crippen LogP) is 5.21. The van der Waals surface area contributed by atoms with Gasteiger partial charge in [-0.25, -0.2) is 0 Å². The molecule has 1 N–H and O–H groups in total. The topological polar surface area (TPSA) is 12.0 Å². The van der Waals surface area contributed by atoms with Crippen LogP contribution in [0.15, 0.2) is 0 Å². The van der Waals surface area contributed by atoms with E-state index in [1.807, 2.05) is 0 Å². The second kappa shape index (κ2) is 7.82. The maximum Gasteiger partial charge on any atom is 0.00641 e. The minimum Gasteiger partial charge on any atom is -0.317 e. The lowest BCUT2D eigenvalue weighted by Gasteiger charge is -2.28. The van der Waals surface area contributed by atoms with Crippen molar-refractivity contribution in [2.45, 2.75) is 73.8 Å². The fourth-order valence-corrected chi connectivity index (χ4v) is 4.04. The maximum absolute atomic E-state index is 3.43. The van der Waals surface area contributed by atoms with E-state index in [0.717, 1.165) is 41.4 Å². The highest BCUT2D eigenvalue weighted by molar-refractivity contribution is 4.95. The van der Waals surface area contributed by atoms with E-state index in [1.165, 1.54) is 19.3 Å². The first-order chi connectivity index (χ1) is 9.33. The zero-order valence-corrected chi connectivity index (χ0v) is 15.2. The summed E-state index contributed by atoms with van der Waals surface area (Å²) in [6.07, 6.45) is 4.22. The monoisotopic (exact) mass is 281 g/mol. The van der Waals surface area contributed by atoms with E-state index < -0.39 is 0 Å². The Labute approximate surface area is 128 Å². The Balaban J connectivity index is 2.40. The van der Waals surface area contributed by atoms with E-state index in [9.17, 15) is 0 Å². The maximum atomic E-state index is 3.43. The predicted molar refractivity (Wildman–Crippen MR) is 90.8 cm³/mol. The lowest BCUT2D eigenvalue weighted by atomic mass is 9.78. The zero-order valence-electron chi connectivity index (χ0n) is 15.2. The molecule has 0 heterocycles. The molecule has 120 valence electrons. The zero-order chi connectivity index (χ0) is 15.4. The number of hydrogen-bond donors (Lipinski definition) is 1. The second-order valence-corrected chi connectivity index (χ2v) is 7.93. The average molecular weight is 282 g/mol. The van der Waals surface area contributed by atoms with E-state index in [1.54, 1.807) is 0 Å². The summed E-state index contributed by atoms with van der Waals surface area (Å²) in [5, 5.41) is 3.43. The molecule has 1 rings (SSSR count). The molecule has 1 heteroatoms. The van der Waals surface area contributed by atoms with Crippen molar-refractivity contribution in [2.75, 3.05) is 7.05 Å². The van der Waals surface area contributed by atoms with Gasteiger partial charge in [0.05, 0.1) is 0 Å². The van der Waals surface area contributed by atoms with Gasteiger partial charge < -0.3 is 5.32 Å². The molecule has 0 radical (unpaired) electrons. The van der Waals surface area contributed by atoms with E-state index in [0.29, 0.717) is 6.04 Å². The first kappa shape index (κ1) is 18.0. The Morgan fingerprint density at radius 1 is 0.950 bits per heavy atom. The summed E-state index contributed by atoms with van der Waals surface area (Å²) >= 11 is 0. The molecule has 1 saturated carbocycles. The van der Waals surface area contributed by atoms with Gasteiger partial charge in [0.25, 0.3) is 0 Å². The van der Waals surface area contributed by atoms with Gasteiger partial charge >= 0.3 is 0 Å². The Morgan fingerprint density at radius 2 is 1.55 bits per heavy atom. The molecule has 0 bridgehead atoms. The molecule has 0 aromatic carbocycles. The normalized spacial score (nSPS) is 31.2. The molecule has 1 fully saturated rings. The van der Waals surface area contributed by atoms with Crippen LogP contribution in [-0.2, 0) is 0 Å². The fraction of sp³-hybridized carbons (Fsp3) is 1.00. The van der Waals surface area contributed by atoms with Crippen LogP contribution >= 0.6 is 0 Å². The van der Waals surface area contributed by atoms with Crippen molar-refractivity contribution < 1.29 is 0 Å². The van der Waals surface area contributed by atoms with Crippen molar-refractivity contribution in [1.82, 2.24) is 5.32 Å². The Morgan fingerprint density at radius 3 is 2.05 bits per heavy atom. The van der Waals surface area contributed by atoms with Crippen molar-refractivity contribution in [3.8, 4) is 0 Å². The summed E-state index contributed by atoms with van der Waals surface area (Å²) in [6.45, 7) is 17.0. The molecular weight excluding hydrogens is 242 g/mol. The van der Waals surface area contributed by atoms with Crippen LogP contribution in [-0.4, -0.2) is 13.1 Å². The van der Waals surface area contributed by atoms with Crippen LogP contribution in [0.25, 0.3) is 0 Å². The minimum absolute atomic E-state index is 0.661. The highest BCUT2D eigenvalue weighted by Crippen LogP contribution is 2.51. The van der Waals surface area contributed by atoms with Gasteiger partial charge in [-0.1, -0.05) is 48.0 Å². The second-order valence-electron chi connectivity index (χ2n) is 7.93. The van der Waals surface area contributed by atoms with Gasteiger partial charge in [0.15, 0.2) is 0 Å². The summed E-state index contributed by atoms with van der Waals surface area (Å²) in [6, 6.07) is 0.661. The highest BCUT2D eigenvalue weighted by atomic mass is 14.9. The molecule has 0 spiro atoms. The Hall–Kier alpha value is -0.0400. The van der Waals surface area contributed by atoms with Crippen LogP contribution in [0, 0.1) is 41.4 Å². The van der Waals surface area contributed by atoms with E-state index >= 15 is 0 Å². The summed E-state index contributed by atoms with van der Waals surface area (Å²) in [4.78, 5) is 0. The van der Waals surface area contributed by atoms with Gasteiger partial charge in [0.2, 0.25) is 0 Å². The van der Waals surface area contributed by atoms with Crippen molar-refractivity contribution in [3.05, 3.63) is 0 Å². The molecule has 8 unspecified atom stereocenters. The molecule has 20 heavy (non-hydrogen) atoms. The van der Waals surface area contributed by atoms with Gasteiger partial charge in [-0.05, 0) is 68.2 Å². The van der Waals surface area contributed by atoms with Crippen molar-refractivity contribution in [3.63, 3.8) is 0 Å². The van der Waals surface area contributed by atoms with Crippen LogP contribution in [0.3, 0.4) is 0 Å². The summed E-state index contributed by atoms with van der Waals surface area (Å²) < 4.78 is 0. The van der Waals surface area contributed by atoms with E-state index in [2.05, 4.69) is 60.8 Å². The smallest absolute Gasteiger partial charge is 0.00641 e. The van der Waals surface area contributed by atoms with Gasteiger partial charge in [0, 0.05) is 6.04 Å². The summed E-state index contributed by atoms with van der Waals surface area (Å²) in [7, 11) is 2.10. The van der Waals surface area contributed by atoms with Crippen LogP contribution < -0.4 is 5.32 Å². The molecule has 8 atom stereocenters. The standard InChI is InChI=1S/C19H39N/c1-9-12(2)15(5)13(3)10-14(4)18-11-19(18)16(6)17(7)20-8/h12-20H,9-11H2,1-8H3. The van der Waals surface area contributed by atoms with Crippen LogP contribution in [0.5, 0.6) is 0 Å². The molecule has 0 aliphatic heterocycles. The Kier molecular flexibility index (Phi) is 7.04. The van der Waals surface area contributed by atoms with Crippen molar-refractivity contribution in [1.29, 1.82) is 0 Å². The number of nitrogens with one attached hydrogen (secondary N) is 1. The van der Waals surface area contributed by atoms with E-state index in [-0.39, 0.29) is 0 Å². The van der Waals surface area contributed by atoms with Crippen LogP contribution in [0.1, 0.15) is 67.7 Å². The van der Waals surface area contributed by atoms with Crippen molar-refractivity contribution >= 4 is 0 Å². The highest BCUT2D eigenvalue weighted by Gasteiger charge is 2.45. The molecule has 0 amide bonds. The third kappa shape index (κ3) is 4.48. The largest absolute Gasteiger partial charge is 0.317 e. The molecule has 1 nitrogen and oxygen atoms in total. The molecule has 1 aliphatic rings. The molecule has 0 aromatic rings. The number of rotatable bonds is 9. The quantitative estimate of drug-likeness (QED) is 0.611. The lowest BCUT2D eigenvalue weighted by Crippen LogP contribution is -2.30. The van der Waals surface area contributed by atoms with Crippen LogP contribution in [0.2, 0.25) is 0 Å². The number of hydrogen-bond acceptors (Lipinski definition) is 1. The van der Waals surface area contributed by atoms with Gasteiger partial charge in [-0.3, -0.25) is 0 Å². The third-order valence-electron chi connectivity index (χ3n) is 6.72. The molecule has 0 aromatic heterocycles. The van der Waals surface area contributed by atoms with Gasteiger partial charge in [-0.2, -0.15) is 0 Å². The Bertz CT molecular complexity index is 275. The molecule has 0 saturated heterocycles. The van der Waals surface area contributed by atoms with Crippen LogP contribution in [0.4, 0.5) is 0 Å².